The second-order valence-corrected chi connectivity index (χ2v) is 4.84. The lowest BCUT2D eigenvalue weighted by Crippen LogP contribution is -2.48. The van der Waals surface area contributed by atoms with E-state index < -0.39 is 30.2 Å². The number of hydrogen-bond acceptors (Lipinski definition) is 7. The van der Waals surface area contributed by atoms with Gasteiger partial charge in [0.15, 0.2) is 5.82 Å². The lowest BCUT2D eigenvalue weighted by Gasteiger charge is -2.14. The van der Waals surface area contributed by atoms with Gasteiger partial charge in [0, 0.05) is 6.07 Å². The molecule has 110 valence electrons. The summed E-state index contributed by atoms with van der Waals surface area (Å²) in [5, 5.41) is 18.8. The van der Waals surface area contributed by atoms with Crippen LogP contribution < -0.4 is 10.6 Å². The molecular formula is C12H11N3O5S. The number of rotatable bonds is 6. The van der Waals surface area contributed by atoms with Crippen molar-refractivity contribution in [3.8, 4) is 0 Å². The van der Waals surface area contributed by atoms with Crippen LogP contribution in [0.4, 0.5) is 5.82 Å². The first-order chi connectivity index (χ1) is 10.1. The van der Waals surface area contributed by atoms with Crippen LogP contribution in [0.25, 0.3) is 0 Å². The Morgan fingerprint density at radius 2 is 2.19 bits per heavy atom. The molecule has 2 amide bonds. The Labute approximate surface area is 122 Å². The fraction of sp³-hybridized carbons (Fsp3) is 0.167. The van der Waals surface area contributed by atoms with Crippen molar-refractivity contribution in [3.63, 3.8) is 0 Å². The van der Waals surface area contributed by atoms with Gasteiger partial charge in [0.25, 0.3) is 17.6 Å². The van der Waals surface area contributed by atoms with Crippen LogP contribution in [0.2, 0.25) is 0 Å². The summed E-state index contributed by atoms with van der Waals surface area (Å²) in [6, 6.07) is 3.26. The molecule has 21 heavy (non-hydrogen) atoms. The number of aliphatic hydroxyl groups excluding tert-OH is 1. The molecule has 0 spiro atoms. The van der Waals surface area contributed by atoms with Gasteiger partial charge in [-0.1, -0.05) is 11.2 Å². The van der Waals surface area contributed by atoms with Crippen molar-refractivity contribution in [2.24, 2.45) is 0 Å². The van der Waals surface area contributed by atoms with Crippen LogP contribution in [0.15, 0.2) is 34.4 Å². The predicted molar refractivity (Wildman–Crippen MR) is 72.8 cm³/mol. The first-order valence-electron chi connectivity index (χ1n) is 5.82. The van der Waals surface area contributed by atoms with E-state index in [2.05, 4.69) is 20.3 Å². The fourth-order valence-corrected chi connectivity index (χ4v) is 2.09. The number of nitrogens with zero attached hydrogens (tertiary/aromatic N) is 1. The third kappa shape index (κ3) is 3.74. The molecule has 0 bridgehead atoms. The molecule has 0 saturated heterocycles. The van der Waals surface area contributed by atoms with Gasteiger partial charge in [-0.2, -0.15) is 0 Å². The van der Waals surface area contributed by atoms with E-state index in [9.17, 15) is 14.4 Å². The highest BCUT2D eigenvalue weighted by Gasteiger charge is 2.25. The zero-order valence-corrected chi connectivity index (χ0v) is 11.4. The van der Waals surface area contributed by atoms with E-state index in [0.29, 0.717) is 0 Å². The Morgan fingerprint density at radius 3 is 2.76 bits per heavy atom. The number of aliphatic hydroxyl groups is 1. The molecule has 0 aromatic carbocycles. The van der Waals surface area contributed by atoms with Crippen molar-refractivity contribution in [3.05, 3.63) is 34.7 Å². The first-order valence-corrected chi connectivity index (χ1v) is 6.70. The topological polar surface area (TPSA) is 122 Å². The molecular weight excluding hydrogens is 298 g/mol. The fourth-order valence-electron chi connectivity index (χ4n) is 1.43. The number of nitrogens with one attached hydrogen (secondary N) is 2. The minimum absolute atomic E-state index is 0.136. The molecule has 0 radical (unpaired) electrons. The van der Waals surface area contributed by atoms with E-state index in [1.165, 1.54) is 18.4 Å². The lowest BCUT2D eigenvalue weighted by atomic mass is 10.2. The molecule has 8 nitrogen and oxygen atoms in total. The van der Waals surface area contributed by atoms with Crippen molar-refractivity contribution < 1.29 is 24.0 Å². The molecule has 0 aliphatic carbocycles. The van der Waals surface area contributed by atoms with Gasteiger partial charge in [-0.3, -0.25) is 14.4 Å². The molecule has 0 fully saturated rings. The molecule has 2 rings (SSSR count). The van der Waals surface area contributed by atoms with Crippen molar-refractivity contribution in [2.45, 2.75) is 6.04 Å². The summed E-state index contributed by atoms with van der Waals surface area (Å²) in [5.41, 5.74) is 0. The van der Waals surface area contributed by atoms with Crippen molar-refractivity contribution in [1.82, 2.24) is 10.5 Å². The van der Waals surface area contributed by atoms with Gasteiger partial charge in [0.1, 0.15) is 12.3 Å². The first kappa shape index (κ1) is 14.9. The second-order valence-electron chi connectivity index (χ2n) is 3.89. The van der Waals surface area contributed by atoms with Crippen LogP contribution in [0.1, 0.15) is 9.67 Å². The summed E-state index contributed by atoms with van der Waals surface area (Å²) < 4.78 is 4.53. The summed E-state index contributed by atoms with van der Waals surface area (Å²) in [4.78, 5) is 35.6. The van der Waals surface area contributed by atoms with Crippen LogP contribution in [-0.4, -0.2) is 40.5 Å². The zero-order chi connectivity index (χ0) is 15.2. The van der Waals surface area contributed by atoms with Crippen LogP contribution in [-0.2, 0) is 9.59 Å². The maximum absolute atomic E-state index is 11.8. The average Bonchev–Trinajstić information content (AvgIpc) is 3.16. The molecule has 0 aliphatic heterocycles. The van der Waals surface area contributed by atoms with E-state index in [1.54, 1.807) is 11.4 Å². The summed E-state index contributed by atoms with van der Waals surface area (Å²) in [6.07, 6.45) is 1.25. The highest BCUT2D eigenvalue weighted by Crippen LogP contribution is 2.09. The molecule has 0 saturated carbocycles. The zero-order valence-electron chi connectivity index (χ0n) is 10.6. The van der Waals surface area contributed by atoms with Crippen LogP contribution in [0.3, 0.4) is 0 Å². The number of amides is 2. The summed E-state index contributed by atoms with van der Waals surface area (Å²) in [7, 11) is 0. The monoisotopic (exact) mass is 309 g/mol. The normalized spacial score (nSPS) is 11.7. The van der Waals surface area contributed by atoms with Gasteiger partial charge in [-0.15, -0.1) is 11.3 Å². The molecule has 9 heteroatoms. The lowest BCUT2D eigenvalue weighted by molar-refractivity contribution is -0.124. The number of thiophene rings is 1. The Morgan fingerprint density at radius 1 is 1.38 bits per heavy atom. The number of anilines is 1. The number of hydrogen-bond donors (Lipinski definition) is 3. The van der Waals surface area contributed by atoms with E-state index in [0.717, 1.165) is 11.3 Å². The number of ketones is 1. The van der Waals surface area contributed by atoms with Gasteiger partial charge in [0.05, 0.1) is 11.5 Å². The Balaban J connectivity index is 1.96. The van der Waals surface area contributed by atoms with Crippen LogP contribution in [0.5, 0.6) is 0 Å². The SMILES string of the molecule is O=C(N[C@@H](CO)C(=O)Nc1ccon1)C(=O)c1cccs1. The van der Waals surface area contributed by atoms with Gasteiger partial charge in [-0.25, -0.2) is 0 Å². The van der Waals surface area contributed by atoms with Crippen molar-refractivity contribution in [1.29, 1.82) is 0 Å². The second kappa shape index (κ2) is 6.77. The van der Waals surface area contributed by atoms with Gasteiger partial charge in [0.2, 0.25) is 0 Å². The van der Waals surface area contributed by atoms with E-state index >= 15 is 0 Å². The van der Waals surface area contributed by atoms with Crippen LogP contribution >= 0.6 is 11.3 Å². The largest absolute Gasteiger partial charge is 0.394 e. The Bertz CT molecular complexity index is 623. The minimum atomic E-state index is -1.27. The number of Topliss-reactive ketones (excluding diaryl/α,β-unsaturated/α-hetero) is 1. The third-order valence-corrected chi connectivity index (χ3v) is 3.31. The third-order valence-electron chi connectivity index (χ3n) is 2.44. The summed E-state index contributed by atoms with van der Waals surface area (Å²) in [6.45, 7) is -0.660. The number of carbonyl (C=O) groups is 3. The van der Waals surface area contributed by atoms with Crippen LogP contribution in [0, 0.1) is 0 Å². The molecule has 2 aromatic rings. The number of aromatic nitrogens is 1. The average molecular weight is 309 g/mol. The van der Waals surface area contributed by atoms with E-state index in [1.807, 2.05) is 0 Å². The maximum atomic E-state index is 11.8. The quantitative estimate of drug-likeness (QED) is 0.511. The van der Waals surface area contributed by atoms with E-state index in [-0.39, 0.29) is 10.7 Å². The Hall–Kier alpha value is -2.52. The van der Waals surface area contributed by atoms with E-state index in [4.69, 9.17) is 5.11 Å². The molecule has 0 unspecified atom stereocenters. The minimum Gasteiger partial charge on any atom is -0.394 e. The van der Waals surface area contributed by atoms with Gasteiger partial charge < -0.3 is 20.3 Å². The summed E-state index contributed by atoms with van der Waals surface area (Å²) >= 11 is 1.11. The predicted octanol–water partition coefficient (Wildman–Crippen LogP) is 0.0346. The molecule has 0 aliphatic rings. The highest BCUT2D eigenvalue weighted by molar-refractivity contribution is 7.13. The molecule has 1 atom stereocenters. The molecule has 2 aromatic heterocycles. The highest BCUT2D eigenvalue weighted by atomic mass is 32.1. The number of carbonyl (C=O) groups excluding carboxylic acids is 3. The van der Waals surface area contributed by atoms with Gasteiger partial charge in [-0.05, 0) is 11.4 Å². The molecule has 2 heterocycles. The summed E-state index contributed by atoms with van der Waals surface area (Å²) in [5.74, 6) is -2.31. The smallest absolute Gasteiger partial charge is 0.293 e. The van der Waals surface area contributed by atoms with Crippen molar-refractivity contribution in [2.75, 3.05) is 11.9 Å². The standard InChI is InChI=1S/C12H11N3O5S/c16-6-7(11(18)14-9-3-4-20-15-9)13-12(19)10(17)8-2-1-5-21-8/h1-5,7,16H,6H2,(H,13,19)(H,14,15,18)/t7-/m0/s1. The Kier molecular flexibility index (Phi) is 4.80. The van der Waals surface area contributed by atoms with Crippen molar-refractivity contribution >= 4 is 34.8 Å². The maximum Gasteiger partial charge on any atom is 0.293 e. The molecule has 3 N–H and O–H groups in total. The van der Waals surface area contributed by atoms with Gasteiger partial charge >= 0.3 is 0 Å².